The lowest BCUT2D eigenvalue weighted by Crippen LogP contribution is -2.24. The quantitative estimate of drug-likeness (QED) is 0.840. The number of aromatic nitrogens is 2. The Bertz CT molecular complexity index is 712. The molecule has 21 heavy (non-hydrogen) atoms. The third-order valence-corrected chi connectivity index (χ3v) is 3.69. The van der Waals surface area contributed by atoms with Gasteiger partial charge in [0.2, 0.25) is 0 Å². The molecule has 0 aromatic carbocycles. The second-order valence-corrected chi connectivity index (χ2v) is 5.47. The summed E-state index contributed by atoms with van der Waals surface area (Å²) < 4.78 is 0. The molecule has 0 fully saturated rings. The predicted molar refractivity (Wildman–Crippen MR) is 82.9 cm³/mol. The Morgan fingerprint density at radius 3 is 2.95 bits per heavy atom. The molecule has 0 bridgehead atoms. The van der Waals surface area contributed by atoms with Gasteiger partial charge in [0, 0.05) is 15.8 Å². The number of nitrogens with one attached hydrogen (secondary N) is 1. The summed E-state index contributed by atoms with van der Waals surface area (Å²) in [4.78, 5) is 13.2. The molecule has 2 aromatic heterocycles. The van der Waals surface area contributed by atoms with Crippen molar-refractivity contribution in [2.24, 2.45) is 5.73 Å². The monoisotopic (exact) mass is 300 g/mol. The first-order valence-electron chi connectivity index (χ1n) is 6.45. The summed E-state index contributed by atoms with van der Waals surface area (Å²) in [5, 5.41) is 12.7. The summed E-state index contributed by atoms with van der Waals surface area (Å²) in [5.74, 6) is 5.62. The molecule has 0 aliphatic heterocycles. The van der Waals surface area contributed by atoms with Gasteiger partial charge in [-0.1, -0.05) is 11.8 Å². The highest BCUT2D eigenvalue weighted by Gasteiger charge is 2.11. The van der Waals surface area contributed by atoms with E-state index in [0.717, 1.165) is 16.1 Å². The number of amides is 1. The third kappa shape index (κ3) is 4.12. The van der Waals surface area contributed by atoms with E-state index < -0.39 is 0 Å². The molecule has 108 valence electrons. The number of nitrogens with two attached hydrogens (primary N) is 1. The average molecular weight is 300 g/mol. The van der Waals surface area contributed by atoms with E-state index in [2.05, 4.69) is 27.4 Å². The van der Waals surface area contributed by atoms with E-state index in [0.29, 0.717) is 24.3 Å². The fraction of sp³-hybridized carbons (Fsp3) is 0.267. The Hall–Kier alpha value is -2.23. The number of carbonyl (C=O) groups is 1. The SMILES string of the molecule is Cc1cc(C(=O)NCc2cc(C#CCN)cs2)c(C)nn1. The van der Waals surface area contributed by atoms with Gasteiger partial charge in [-0.25, -0.2) is 0 Å². The predicted octanol–water partition coefficient (Wildman–Crippen LogP) is 1.40. The number of rotatable bonds is 3. The molecule has 0 spiro atoms. The maximum absolute atomic E-state index is 12.2. The number of aryl methyl sites for hydroxylation is 2. The van der Waals surface area contributed by atoms with Crippen molar-refractivity contribution in [2.45, 2.75) is 20.4 Å². The third-order valence-electron chi connectivity index (χ3n) is 2.76. The summed E-state index contributed by atoms with van der Waals surface area (Å²) in [6.45, 7) is 4.39. The van der Waals surface area contributed by atoms with Crippen LogP contribution in [0.5, 0.6) is 0 Å². The minimum absolute atomic E-state index is 0.145. The molecule has 6 heteroatoms. The van der Waals surface area contributed by atoms with Crippen LogP contribution in [0.3, 0.4) is 0 Å². The maximum atomic E-state index is 12.2. The van der Waals surface area contributed by atoms with Crippen LogP contribution in [0.1, 0.15) is 32.2 Å². The van der Waals surface area contributed by atoms with Crippen LogP contribution in [-0.2, 0) is 6.54 Å². The lowest BCUT2D eigenvalue weighted by Gasteiger charge is -2.06. The van der Waals surface area contributed by atoms with Gasteiger partial charge in [-0.2, -0.15) is 10.2 Å². The molecular formula is C15H16N4OS. The van der Waals surface area contributed by atoms with E-state index in [1.54, 1.807) is 24.3 Å². The van der Waals surface area contributed by atoms with E-state index in [1.807, 2.05) is 18.4 Å². The Morgan fingerprint density at radius 2 is 2.19 bits per heavy atom. The smallest absolute Gasteiger partial charge is 0.253 e. The molecule has 0 radical (unpaired) electrons. The van der Waals surface area contributed by atoms with Gasteiger partial charge in [-0.15, -0.1) is 11.3 Å². The Balaban J connectivity index is 2.01. The lowest BCUT2D eigenvalue weighted by molar-refractivity contribution is 0.0950. The highest BCUT2D eigenvalue weighted by molar-refractivity contribution is 7.10. The van der Waals surface area contributed by atoms with E-state index in [-0.39, 0.29) is 5.91 Å². The van der Waals surface area contributed by atoms with Crippen LogP contribution in [0.25, 0.3) is 0 Å². The van der Waals surface area contributed by atoms with Crippen molar-refractivity contribution < 1.29 is 4.79 Å². The van der Waals surface area contributed by atoms with Gasteiger partial charge < -0.3 is 11.1 Å². The van der Waals surface area contributed by atoms with Crippen molar-refractivity contribution in [3.8, 4) is 11.8 Å². The van der Waals surface area contributed by atoms with Crippen molar-refractivity contribution >= 4 is 17.2 Å². The molecule has 1 amide bonds. The van der Waals surface area contributed by atoms with Crippen molar-refractivity contribution in [1.29, 1.82) is 0 Å². The Labute approximate surface area is 127 Å². The summed E-state index contributed by atoms with van der Waals surface area (Å²) in [6.07, 6.45) is 0. The molecular weight excluding hydrogens is 284 g/mol. The number of hydrogen-bond donors (Lipinski definition) is 2. The summed E-state index contributed by atoms with van der Waals surface area (Å²) >= 11 is 1.56. The molecule has 2 rings (SSSR count). The van der Waals surface area contributed by atoms with E-state index in [4.69, 9.17) is 5.73 Å². The van der Waals surface area contributed by atoms with E-state index in [1.165, 1.54) is 0 Å². The molecule has 0 saturated heterocycles. The van der Waals surface area contributed by atoms with Crippen molar-refractivity contribution in [3.63, 3.8) is 0 Å². The molecule has 0 aliphatic carbocycles. The van der Waals surface area contributed by atoms with Crippen LogP contribution < -0.4 is 11.1 Å². The molecule has 2 aromatic rings. The molecule has 0 saturated carbocycles. The molecule has 0 aliphatic rings. The average Bonchev–Trinajstić information content (AvgIpc) is 2.93. The zero-order valence-corrected chi connectivity index (χ0v) is 12.8. The molecule has 0 atom stereocenters. The summed E-state index contributed by atoms with van der Waals surface area (Å²) in [6, 6.07) is 3.70. The number of carbonyl (C=O) groups excluding carboxylic acids is 1. The van der Waals surface area contributed by atoms with Gasteiger partial charge in [0.05, 0.1) is 30.0 Å². The van der Waals surface area contributed by atoms with Crippen LogP contribution in [0.2, 0.25) is 0 Å². The minimum atomic E-state index is -0.145. The van der Waals surface area contributed by atoms with Crippen molar-refractivity contribution in [2.75, 3.05) is 6.54 Å². The zero-order valence-electron chi connectivity index (χ0n) is 11.9. The largest absolute Gasteiger partial charge is 0.347 e. The number of hydrogen-bond acceptors (Lipinski definition) is 5. The van der Waals surface area contributed by atoms with Crippen LogP contribution in [0.4, 0.5) is 0 Å². The van der Waals surface area contributed by atoms with Gasteiger partial charge >= 0.3 is 0 Å². The van der Waals surface area contributed by atoms with Crippen molar-refractivity contribution in [1.82, 2.24) is 15.5 Å². The number of nitrogens with zero attached hydrogens (tertiary/aromatic N) is 2. The zero-order chi connectivity index (χ0) is 15.2. The van der Waals surface area contributed by atoms with E-state index >= 15 is 0 Å². The fourth-order valence-electron chi connectivity index (χ4n) is 1.73. The minimum Gasteiger partial charge on any atom is -0.347 e. The van der Waals surface area contributed by atoms with E-state index in [9.17, 15) is 4.79 Å². The van der Waals surface area contributed by atoms with Crippen LogP contribution in [0, 0.1) is 25.7 Å². The normalized spacial score (nSPS) is 9.86. The second-order valence-electron chi connectivity index (χ2n) is 4.48. The molecule has 2 heterocycles. The first-order valence-corrected chi connectivity index (χ1v) is 7.33. The topological polar surface area (TPSA) is 80.9 Å². The lowest BCUT2D eigenvalue weighted by atomic mass is 10.2. The summed E-state index contributed by atoms with van der Waals surface area (Å²) in [5.41, 5.74) is 8.16. The number of thiophene rings is 1. The van der Waals surface area contributed by atoms with Crippen molar-refractivity contribution in [3.05, 3.63) is 44.9 Å². The fourth-order valence-corrected chi connectivity index (χ4v) is 2.49. The highest BCUT2D eigenvalue weighted by atomic mass is 32.1. The molecule has 3 N–H and O–H groups in total. The highest BCUT2D eigenvalue weighted by Crippen LogP contribution is 2.14. The van der Waals surface area contributed by atoms with Gasteiger partial charge in [-0.05, 0) is 26.0 Å². The standard InChI is InChI=1S/C15H16N4OS/c1-10-6-14(11(2)19-18-10)15(20)17-8-13-7-12(9-21-13)4-3-5-16/h6-7,9H,5,8,16H2,1-2H3,(H,17,20). The molecule has 0 unspecified atom stereocenters. The summed E-state index contributed by atoms with van der Waals surface area (Å²) in [7, 11) is 0. The van der Waals surface area contributed by atoms with Crippen LogP contribution >= 0.6 is 11.3 Å². The van der Waals surface area contributed by atoms with Crippen LogP contribution in [-0.4, -0.2) is 22.6 Å². The van der Waals surface area contributed by atoms with Gasteiger partial charge in [-0.3, -0.25) is 4.79 Å². The second kappa shape index (κ2) is 6.97. The Morgan fingerprint density at radius 1 is 1.38 bits per heavy atom. The van der Waals surface area contributed by atoms with Gasteiger partial charge in [0.15, 0.2) is 0 Å². The first-order chi connectivity index (χ1) is 10.1. The maximum Gasteiger partial charge on any atom is 0.253 e. The molecule has 5 nitrogen and oxygen atoms in total. The van der Waals surface area contributed by atoms with Crippen LogP contribution in [0.15, 0.2) is 17.5 Å². The van der Waals surface area contributed by atoms with Gasteiger partial charge in [0.25, 0.3) is 5.91 Å². The first kappa shape index (κ1) is 15.2. The Kier molecular flexibility index (Phi) is 5.04. The van der Waals surface area contributed by atoms with Gasteiger partial charge in [0.1, 0.15) is 0 Å².